The summed E-state index contributed by atoms with van der Waals surface area (Å²) >= 11 is 0. The highest BCUT2D eigenvalue weighted by molar-refractivity contribution is 5.95. The molecule has 0 saturated carbocycles. The van der Waals surface area contributed by atoms with Crippen LogP contribution >= 0.6 is 0 Å². The number of ether oxygens (including phenoxy) is 2. The number of esters is 1. The molecule has 1 unspecified atom stereocenters. The Balaban J connectivity index is 1.90. The van der Waals surface area contributed by atoms with Crippen LogP contribution in [0.25, 0.3) is 0 Å². The van der Waals surface area contributed by atoms with Crippen molar-refractivity contribution < 1.29 is 14.3 Å². The largest absolute Gasteiger partial charge is 0.493 e. The van der Waals surface area contributed by atoms with Gasteiger partial charge in [-0.2, -0.15) is 0 Å². The lowest BCUT2D eigenvalue weighted by molar-refractivity contribution is 0.0602. The molecule has 108 valence electrons. The lowest BCUT2D eigenvalue weighted by Crippen LogP contribution is -2.21. The van der Waals surface area contributed by atoms with E-state index in [1.165, 1.54) is 7.11 Å². The minimum Gasteiger partial charge on any atom is -0.493 e. The maximum Gasteiger partial charge on any atom is 0.339 e. The predicted molar refractivity (Wildman–Crippen MR) is 80.7 cm³/mol. The van der Waals surface area contributed by atoms with Gasteiger partial charge in [-0.05, 0) is 18.2 Å². The first-order valence-corrected chi connectivity index (χ1v) is 6.95. The van der Waals surface area contributed by atoms with Gasteiger partial charge >= 0.3 is 5.97 Å². The molecule has 1 atom stereocenters. The van der Waals surface area contributed by atoms with Gasteiger partial charge in [-0.25, -0.2) is 4.79 Å². The Labute approximate surface area is 123 Å². The monoisotopic (exact) mass is 283 g/mol. The molecule has 0 saturated heterocycles. The van der Waals surface area contributed by atoms with E-state index in [2.05, 4.69) is 5.32 Å². The fourth-order valence-electron chi connectivity index (χ4n) is 2.58. The lowest BCUT2D eigenvalue weighted by atomic mass is 9.99. The van der Waals surface area contributed by atoms with Crippen molar-refractivity contribution in [1.29, 1.82) is 0 Å². The lowest BCUT2D eigenvalue weighted by Gasteiger charge is -2.28. The molecule has 1 aliphatic heterocycles. The zero-order valence-electron chi connectivity index (χ0n) is 11.8. The first-order chi connectivity index (χ1) is 10.3. The average Bonchev–Trinajstić information content (AvgIpc) is 2.55. The molecule has 0 radical (unpaired) electrons. The number of nitrogens with one attached hydrogen (secondary N) is 1. The number of carbonyl (C=O) groups is 1. The third kappa shape index (κ3) is 2.70. The normalized spacial score (nSPS) is 16.5. The third-order valence-corrected chi connectivity index (χ3v) is 3.62. The Kier molecular flexibility index (Phi) is 3.77. The van der Waals surface area contributed by atoms with E-state index in [-0.39, 0.29) is 12.0 Å². The van der Waals surface area contributed by atoms with Crippen LogP contribution in [0.2, 0.25) is 0 Å². The van der Waals surface area contributed by atoms with Gasteiger partial charge in [0.25, 0.3) is 0 Å². The Morgan fingerprint density at radius 2 is 1.95 bits per heavy atom. The second-order valence-corrected chi connectivity index (χ2v) is 4.91. The molecule has 2 aromatic rings. The summed E-state index contributed by atoms with van der Waals surface area (Å²) in [6.07, 6.45) is 0.854. The number of fused-ring (bicyclic) bond motifs is 1. The molecule has 0 bridgehead atoms. The summed E-state index contributed by atoms with van der Waals surface area (Å²) in [6.45, 7) is 0.662. The molecule has 1 aliphatic rings. The van der Waals surface area contributed by atoms with Crippen molar-refractivity contribution in [2.75, 3.05) is 19.0 Å². The molecule has 0 fully saturated rings. The van der Waals surface area contributed by atoms with Crippen molar-refractivity contribution in [1.82, 2.24) is 0 Å². The van der Waals surface area contributed by atoms with Crippen LogP contribution < -0.4 is 10.1 Å². The standard InChI is InChI=1S/C17H17NO3/c1-20-17(19)13-7-2-4-8-14(13)18-15-10-11-21-16-9-5-3-6-12(15)16/h2-9,15,18H,10-11H2,1H3. The summed E-state index contributed by atoms with van der Waals surface area (Å²) in [6, 6.07) is 15.5. The van der Waals surface area contributed by atoms with Gasteiger partial charge in [0.15, 0.2) is 0 Å². The summed E-state index contributed by atoms with van der Waals surface area (Å²) in [5, 5.41) is 3.44. The topological polar surface area (TPSA) is 47.6 Å². The maximum atomic E-state index is 11.8. The molecule has 4 nitrogen and oxygen atoms in total. The van der Waals surface area contributed by atoms with Crippen molar-refractivity contribution in [2.45, 2.75) is 12.5 Å². The zero-order chi connectivity index (χ0) is 14.7. The van der Waals surface area contributed by atoms with Crippen molar-refractivity contribution in [3.8, 4) is 5.75 Å². The molecular weight excluding hydrogens is 266 g/mol. The van der Waals surface area contributed by atoms with E-state index >= 15 is 0 Å². The third-order valence-electron chi connectivity index (χ3n) is 3.62. The van der Waals surface area contributed by atoms with Gasteiger partial charge < -0.3 is 14.8 Å². The van der Waals surface area contributed by atoms with Crippen LogP contribution in [0.4, 0.5) is 5.69 Å². The zero-order valence-corrected chi connectivity index (χ0v) is 11.8. The molecule has 1 heterocycles. The number of carbonyl (C=O) groups excluding carboxylic acids is 1. The van der Waals surface area contributed by atoms with E-state index in [0.29, 0.717) is 12.2 Å². The van der Waals surface area contributed by atoms with Gasteiger partial charge in [-0.3, -0.25) is 0 Å². The first-order valence-electron chi connectivity index (χ1n) is 6.95. The SMILES string of the molecule is COC(=O)c1ccccc1NC1CCOc2ccccc21. The van der Waals surface area contributed by atoms with E-state index in [1.54, 1.807) is 6.07 Å². The van der Waals surface area contributed by atoms with Gasteiger partial charge in [0, 0.05) is 17.7 Å². The van der Waals surface area contributed by atoms with Crippen LogP contribution in [0.15, 0.2) is 48.5 Å². The quantitative estimate of drug-likeness (QED) is 0.877. The summed E-state index contributed by atoms with van der Waals surface area (Å²) in [4.78, 5) is 11.8. The fourth-order valence-corrected chi connectivity index (χ4v) is 2.58. The molecule has 0 aromatic heterocycles. The van der Waals surface area contributed by atoms with Crippen molar-refractivity contribution >= 4 is 11.7 Å². The summed E-state index contributed by atoms with van der Waals surface area (Å²) in [5.41, 5.74) is 2.44. The Morgan fingerprint density at radius 3 is 2.81 bits per heavy atom. The van der Waals surface area contributed by atoms with Gasteiger partial charge in [0.05, 0.1) is 25.3 Å². The summed E-state index contributed by atoms with van der Waals surface area (Å²) in [7, 11) is 1.39. The van der Waals surface area contributed by atoms with Crippen LogP contribution in [0, 0.1) is 0 Å². The van der Waals surface area contributed by atoms with Gasteiger partial charge in [-0.1, -0.05) is 30.3 Å². The Hall–Kier alpha value is -2.49. The van der Waals surface area contributed by atoms with E-state index in [9.17, 15) is 4.79 Å². The molecule has 21 heavy (non-hydrogen) atoms. The number of rotatable bonds is 3. The second kappa shape index (κ2) is 5.87. The van der Waals surface area contributed by atoms with Crippen molar-refractivity contribution in [2.24, 2.45) is 0 Å². The van der Waals surface area contributed by atoms with E-state index < -0.39 is 0 Å². The Bertz CT molecular complexity index is 654. The second-order valence-electron chi connectivity index (χ2n) is 4.91. The molecule has 0 amide bonds. The van der Waals surface area contributed by atoms with E-state index in [4.69, 9.17) is 9.47 Å². The summed E-state index contributed by atoms with van der Waals surface area (Å²) < 4.78 is 10.5. The van der Waals surface area contributed by atoms with Crippen LogP contribution in [0.3, 0.4) is 0 Å². The van der Waals surface area contributed by atoms with Crippen molar-refractivity contribution in [3.05, 3.63) is 59.7 Å². The van der Waals surface area contributed by atoms with E-state index in [0.717, 1.165) is 23.4 Å². The molecule has 4 heteroatoms. The predicted octanol–water partition coefficient (Wildman–Crippen LogP) is 3.41. The number of hydrogen-bond donors (Lipinski definition) is 1. The molecule has 0 aliphatic carbocycles. The van der Waals surface area contributed by atoms with Gasteiger partial charge in [0.1, 0.15) is 5.75 Å². The van der Waals surface area contributed by atoms with Crippen LogP contribution in [0.1, 0.15) is 28.4 Å². The number of methoxy groups -OCH3 is 1. The molecular formula is C17H17NO3. The van der Waals surface area contributed by atoms with Crippen molar-refractivity contribution in [3.63, 3.8) is 0 Å². The van der Waals surface area contributed by atoms with Crippen LogP contribution in [0.5, 0.6) is 5.75 Å². The summed E-state index contributed by atoms with van der Waals surface area (Å²) in [5.74, 6) is 0.565. The highest BCUT2D eigenvalue weighted by Gasteiger charge is 2.22. The van der Waals surface area contributed by atoms with Crippen LogP contribution in [-0.4, -0.2) is 19.7 Å². The molecule has 0 spiro atoms. The highest BCUT2D eigenvalue weighted by Crippen LogP contribution is 2.34. The van der Waals surface area contributed by atoms with Gasteiger partial charge in [-0.15, -0.1) is 0 Å². The number of benzene rings is 2. The number of para-hydroxylation sites is 2. The minimum absolute atomic E-state index is 0.126. The smallest absolute Gasteiger partial charge is 0.339 e. The van der Waals surface area contributed by atoms with E-state index in [1.807, 2.05) is 42.5 Å². The minimum atomic E-state index is -0.335. The first kappa shape index (κ1) is 13.5. The fraction of sp³-hybridized carbons (Fsp3) is 0.235. The van der Waals surface area contributed by atoms with Crippen LogP contribution in [-0.2, 0) is 4.74 Å². The average molecular weight is 283 g/mol. The molecule has 1 N–H and O–H groups in total. The number of hydrogen-bond acceptors (Lipinski definition) is 4. The maximum absolute atomic E-state index is 11.8. The molecule has 3 rings (SSSR count). The molecule has 2 aromatic carbocycles. The Morgan fingerprint density at radius 1 is 1.19 bits per heavy atom. The number of anilines is 1. The highest BCUT2D eigenvalue weighted by atomic mass is 16.5. The van der Waals surface area contributed by atoms with Gasteiger partial charge in [0.2, 0.25) is 0 Å².